The SMILES string of the molecule is CCOCCOC(=O)C1=C(C)NC(=O)C[C@@H]1c1cccc(Cl)c1. The first-order valence-corrected chi connectivity index (χ1v) is 7.91. The summed E-state index contributed by atoms with van der Waals surface area (Å²) in [5.41, 5.74) is 1.81. The van der Waals surface area contributed by atoms with E-state index in [1.165, 1.54) is 0 Å². The Hall–Kier alpha value is -1.85. The number of hydrogen-bond acceptors (Lipinski definition) is 4. The van der Waals surface area contributed by atoms with Crippen LogP contribution in [-0.4, -0.2) is 31.7 Å². The molecule has 0 spiro atoms. The fourth-order valence-corrected chi connectivity index (χ4v) is 2.79. The van der Waals surface area contributed by atoms with Crippen LogP contribution in [0.5, 0.6) is 0 Å². The van der Waals surface area contributed by atoms with Crippen LogP contribution in [0.3, 0.4) is 0 Å². The lowest BCUT2D eigenvalue weighted by atomic mass is 9.84. The molecule has 0 aliphatic carbocycles. The average Bonchev–Trinajstić information content (AvgIpc) is 2.50. The van der Waals surface area contributed by atoms with Crippen molar-refractivity contribution in [2.75, 3.05) is 19.8 Å². The molecule has 0 unspecified atom stereocenters. The second-order valence-corrected chi connectivity index (χ2v) is 5.67. The quantitative estimate of drug-likeness (QED) is 0.640. The third-order valence-electron chi connectivity index (χ3n) is 3.60. The van der Waals surface area contributed by atoms with Crippen LogP contribution >= 0.6 is 11.6 Å². The maximum atomic E-state index is 12.4. The van der Waals surface area contributed by atoms with Crippen molar-refractivity contribution in [1.82, 2.24) is 5.32 Å². The average molecular weight is 338 g/mol. The van der Waals surface area contributed by atoms with Gasteiger partial charge in [0.1, 0.15) is 6.61 Å². The van der Waals surface area contributed by atoms with E-state index in [0.717, 1.165) is 5.56 Å². The van der Waals surface area contributed by atoms with Gasteiger partial charge in [-0.2, -0.15) is 0 Å². The van der Waals surface area contributed by atoms with E-state index >= 15 is 0 Å². The molecule has 1 amide bonds. The van der Waals surface area contributed by atoms with Crippen molar-refractivity contribution in [3.8, 4) is 0 Å². The molecule has 1 heterocycles. The lowest BCUT2D eigenvalue weighted by Crippen LogP contribution is -2.34. The van der Waals surface area contributed by atoms with E-state index in [4.69, 9.17) is 21.1 Å². The van der Waals surface area contributed by atoms with Crippen molar-refractivity contribution in [1.29, 1.82) is 0 Å². The number of carbonyl (C=O) groups excluding carboxylic acids is 2. The Labute approximate surface area is 140 Å². The molecule has 0 saturated heterocycles. The Bertz CT molecular complexity index is 627. The normalized spacial score (nSPS) is 17.9. The molecule has 1 aromatic carbocycles. The number of hydrogen-bond donors (Lipinski definition) is 1. The molecule has 0 fully saturated rings. The molecule has 124 valence electrons. The molecular formula is C17H20ClNO4. The van der Waals surface area contributed by atoms with E-state index in [0.29, 0.717) is 29.5 Å². The Morgan fingerprint density at radius 2 is 2.17 bits per heavy atom. The summed E-state index contributed by atoms with van der Waals surface area (Å²) in [6, 6.07) is 7.18. The van der Waals surface area contributed by atoms with Gasteiger partial charge in [-0.25, -0.2) is 4.79 Å². The first-order valence-electron chi connectivity index (χ1n) is 7.54. The molecule has 1 N–H and O–H groups in total. The van der Waals surface area contributed by atoms with E-state index in [-0.39, 0.29) is 24.9 Å². The van der Waals surface area contributed by atoms with Gasteiger partial charge in [0, 0.05) is 29.7 Å². The maximum Gasteiger partial charge on any atom is 0.336 e. The molecule has 0 aromatic heterocycles. The zero-order valence-corrected chi connectivity index (χ0v) is 14.0. The van der Waals surface area contributed by atoms with Gasteiger partial charge in [-0.15, -0.1) is 0 Å². The van der Waals surface area contributed by atoms with Crippen LogP contribution in [-0.2, 0) is 19.1 Å². The molecule has 23 heavy (non-hydrogen) atoms. The third-order valence-corrected chi connectivity index (χ3v) is 3.84. The summed E-state index contributed by atoms with van der Waals surface area (Å²) in [6.07, 6.45) is 0.188. The number of amides is 1. The van der Waals surface area contributed by atoms with Gasteiger partial charge in [0.2, 0.25) is 5.91 Å². The summed E-state index contributed by atoms with van der Waals surface area (Å²) in [6.45, 7) is 4.68. The first kappa shape index (κ1) is 17.5. The van der Waals surface area contributed by atoms with Gasteiger partial charge < -0.3 is 14.8 Å². The van der Waals surface area contributed by atoms with Gasteiger partial charge in [0.05, 0.1) is 12.2 Å². The molecule has 1 atom stereocenters. The van der Waals surface area contributed by atoms with Crippen LogP contribution in [0.4, 0.5) is 0 Å². The molecule has 2 rings (SSSR count). The molecule has 0 saturated carbocycles. The predicted molar refractivity (Wildman–Crippen MR) is 87.1 cm³/mol. The Morgan fingerprint density at radius 3 is 2.87 bits per heavy atom. The van der Waals surface area contributed by atoms with Crippen molar-refractivity contribution in [2.45, 2.75) is 26.2 Å². The van der Waals surface area contributed by atoms with Gasteiger partial charge in [-0.05, 0) is 31.5 Å². The summed E-state index contributed by atoms with van der Waals surface area (Å²) in [4.78, 5) is 24.3. The minimum Gasteiger partial charge on any atom is -0.460 e. The number of ether oxygens (including phenoxy) is 2. The molecule has 1 aliphatic rings. The van der Waals surface area contributed by atoms with E-state index in [1.807, 2.05) is 13.0 Å². The van der Waals surface area contributed by atoms with E-state index in [1.54, 1.807) is 25.1 Å². The number of esters is 1. The molecule has 6 heteroatoms. The fourth-order valence-electron chi connectivity index (χ4n) is 2.59. The molecule has 1 aromatic rings. The fraction of sp³-hybridized carbons (Fsp3) is 0.412. The number of benzene rings is 1. The zero-order valence-electron chi connectivity index (χ0n) is 13.2. The van der Waals surface area contributed by atoms with E-state index < -0.39 is 5.97 Å². The topological polar surface area (TPSA) is 64.6 Å². The molecule has 0 radical (unpaired) electrons. The largest absolute Gasteiger partial charge is 0.460 e. The summed E-state index contributed by atoms with van der Waals surface area (Å²) in [5, 5.41) is 3.27. The van der Waals surface area contributed by atoms with Crippen molar-refractivity contribution in [3.63, 3.8) is 0 Å². The lowest BCUT2D eigenvalue weighted by molar-refractivity contribution is -0.141. The van der Waals surface area contributed by atoms with Crippen LogP contribution in [0.25, 0.3) is 0 Å². The van der Waals surface area contributed by atoms with Gasteiger partial charge in [-0.3, -0.25) is 4.79 Å². The Kier molecular flexibility index (Phi) is 6.19. The van der Waals surface area contributed by atoms with Gasteiger partial charge in [0.25, 0.3) is 0 Å². The maximum absolute atomic E-state index is 12.4. The van der Waals surface area contributed by atoms with Crippen molar-refractivity contribution < 1.29 is 19.1 Å². The highest BCUT2D eigenvalue weighted by Crippen LogP contribution is 2.34. The second kappa shape index (κ2) is 8.13. The van der Waals surface area contributed by atoms with Crippen molar-refractivity contribution >= 4 is 23.5 Å². The van der Waals surface area contributed by atoms with E-state index in [2.05, 4.69) is 5.32 Å². The van der Waals surface area contributed by atoms with Crippen LogP contribution in [0.15, 0.2) is 35.5 Å². The zero-order chi connectivity index (χ0) is 16.8. The van der Waals surface area contributed by atoms with Gasteiger partial charge in [-0.1, -0.05) is 23.7 Å². The number of carbonyl (C=O) groups is 2. The van der Waals surface area contributed by atoms with Gasteiger partial charge in [0.15, 0.2) is 0 Å². The smallest absolute Gasteiger partial charge is 0.336 e. The molecule has 5 nitrogen and oxygen atoms in total. The van der Waals surface area contributed by atoms with Crippen LogP contribution in [0.1, 0.15) is 31.7 Å². The second-order valence-electron chi connectivity index (χ2n) is 5.23. The van der Waals surface area contributed by atoms with Gasteiger partial charge >= 0.3 is 5.97 Å². The van der Waals surface area contributed by atoms with Crippen LogP contribution < -0.4 is 5.32 Å². The predicted octanol–water partition coefficient (Wildman–Crippen LogP) is 2.80. The summed E-state index contributed by atoms with van der Waals surface area (Å²) >= 11 is 6.03. The monoisotopic (exact) mass is 337 g/mol. The molecule has 0 bridgehead atoms. The van der Waals surface area contributed by atoms with E-state index in [9.17, 15) is 9.59 Å². The number of rotatable bonds is 6. The standard InChI is InChI=1S/C17H20ClNO4/c1-3-22-7-8-23-17(21)16-11(2)19-15(20)10-14(16)12-5-4-6-13(18)9-12/h4-6,9,14H,3,7-8,10H2,1-2H3,(H,19,20)/t14-/m1/s1. The highest BCUT2D eigenvalue weighted by Gasteiger charge is 2.32. The molecule has 1 aliphatic heterocycles. The third kappa shape index (κ3) is 4.56. The Morgan fingerprint density at radius 1 is 1.39 bits per heavy atom. The summed E-state index contributed by atoms with van der Waals surface area (Å²) < 4.78 is 10.4. The summed E-state index contributed by atoms with van der Waals surface area (Å²) in [5.74, 6) is -0.924. The number of nitrogens with one attached hydrogen (secondary N) is 1. The van der Waals surface area contributed by atoms with Crippen molar-refractivity contribution in [2.24, 2.45) is 0 Å². The van der Waals surface area contributed by atoms with Crippen molar-refractivity contribution in [3.05, 3.63) is 46.1 Å². The highest BCUT2D eigenvalue weighted by atomic mass is 35.5. The molecular weight excluding hydrogens is 318 g/mol. The number of allylic oxidation sites excluding steroid dienone is 1. The highest BCUT2D eigenvalue weighted by molar-refractivity contribution is 6.30. The minimum atomic E-state index is -0.438. The van der Waals surface area contributed by atoms with Crippen LogP contribution in [0.2, 0.25) is 5.02 Å². The minimum absolute atomic E-state index is 0.127. The summed E-state index contributed by atoms with van der Waals surface area (Å²) in [7, 11) is 0. The first-order chi connectivity index (χ1) is 11.0. The Balaban J connectivity index is 2.22. The van der Waals surface area contributed by atoms with Crippen LogP contribution in [0, 0.1) is 0 Å². The lowest BCUT2D eigenvalue weighted by Gasteiger charge is -2.26. The number of halogens is 1.